The zero-order valence-corrected chi connectivity index (χ0v) is 12.2. The molecule has 106 valence electrons. The van der Waals surface area contributed by atoms with Gasteiger partial charge in [-0.05, 0) is 49.3 Å². The van der Waals surface area contributed by atoms with Gasteiger partial charge >= 0.3 is 0 Å². The van der Waals surface area contributed by atoms with Crippen molar-refractivity contribution in [3.05, 3.63) is 36.8 Å². The number of hydrogen-bond acceptors (Lipinski definition) is 3. The average Bonchev–Trinajstić information content (AvgIpc) is 2.92. The Labute approximate surface area is 120 Å². The van der Waals surface area contributed by atoms with E-state index in [0.29, 0.717) is 6.04 Å². The first kappa shape index (κ1) is 13.2. The first-order valence-electron chi connectivity index (χ1n) is 7.43. The minimum absolute atomic E-state index is 0.575. The minimum Gasteiger partial charge on any atom is -0.381 e. The fourth-order valence-corrected chi connectivity index (χ4v) is 3.31. The maximum Gasteiger partial charge on any atom is 0.153 e. The van der Waals surface area contributed by atoms with E-state index in [1.807, 2.05) is 24.5 Å². The Balaban J connectivity index is 1.66. The van der Waals surface area contributed by atoms with E-state index in [1.165, 1.54) is 19.3 Å². The lowest BCUT2D eigenvalue weighted by atomic mass is 9.80. The summed E-state index contributed by atoms with van der Waals surface area (Å²) in [4.78, 5) is 4.46. The zero-order valence-electron chi connectivity index (χ0n) is 12.2. The Hall–Kier alpha value is -1.84. The molecule has 2 aromatic rings. The van der Waals surface area contributed by atoms with Crippen molar-refractivity contribution in [2.45, 2.75) is 39.2 Å². The molecule has 2 atom stereocenters. The highest BCUT2D eigenvalue weighted by Gasteiger charge is 2.23. The van der Waals surface area contributed by atoms with Gasteiger partial charge in [0.15, 0.2) is 5.82 Å². The van der Waals surface area contributed by atoms with E-state index in [4.69, 9.17) is 0 Å². The van der Waals surface area contributed by atoms with Gasteiger partial charge in [0.1, 0.15) is 0 Å². The topological polar surface area (TPSA) is 42.7 Å². The Morgan fingerprint density at radius 1 is 1.15 bits per heavy atom. The first-order chi connectivity index (χ1) is 9.70. The molecule has 0 radical (unpaired) electrons. The molecule has 4 heteroatoms. The summed E-state index contributed by atoms with van der Waals surface area (Å²) in [6, 6.07) is 6.57. The molecule has 0 amide bonds. The van der Waals surface area contributed by atoms with Gasteiger partial charge in [0.2, 0.25) is 0 Å². The molecule has 2 aromatic heterocycles. The number of aromatic nitrogens is 3. The van der Waals surface area contributed by atoms with E-state index >= 15 is 0 Å². The molecule has 2 unspecified atom stereocenters. The number of pyridine rings is 1. The van der Waals surface area contributed by atoms with Gasteiger partial charge < -0.3 is 5.32 Å². The third kappa shape index (κ3) is 3.00. The molecule has 1 aliphatic rings. The molecule has 1 fully saturated rings. The lowest BCUT2D eigenvalue weighted by molar-refractivity contribution is 0.281. The summed E-state index contributed by atoms with van der Waals surface area (Å²) >= 11 is 0. The predicted octanol–water partition coefficient (Wildman–Crippen LogP) is 3.50. The Morgan fingerprint density at radius 3 is 2.55 bits per heavy atom. The molecule has 0 spiro atoms. The van der Waals surface area contributed by atoms with Crippen LogP contribution in [0.3, 0.4) is 0 Å². The van der Waals surface area contributed by atoms with Gasteiger partial charge in [0.05, 0.1) is 11.9 Å². The molecule has 3 rings (SSSR count). The third-order valence-corrected chi connectivity index (χ3v) is 4.04. The van der Waals surface area contributed by atoms with Crippen LogP contribution in [0, 0.1) is 11.8 Å². The molecular formula is C16H22N4. The summed E-state index contributed by atoms with van der Waals surface area (Å²) in [7, 11) is 0. The van der Waals surface area contributed by atoms with Crippen LogP contribution in [0.2, 0.25) is 0 Å². The second kappa shape index (κ2) is 5.65. The van der Waals surface area contributed by atoms with Crippen molar-refractivity contribution >= 4 is 5.69 Å². The van der Waals surface area contributed by atoms with Crippen molar-refractivity contribution in [2.24, 2.45) is 11.8 Å². The molecule has 0 bridgehead atoms. The van der Waals surface area contributed by atoms with Crippen LogP contribution >= 0.6 is 0 Å². The van der Waals surface area contributed by atoms with Gasteiger partial charge in [-0.15, -0.1) is 0 Å². The molecule has 0 saturated heterocycles. The highest BCUT2D eigenvalue weighted by molar-refractivity contribution is 5.44. The smallest absolute Gasteiger partial charge is 0.153 e. The van der Waals surface area contributed by atoms with Gasteiger partial charge in [-0.3, -0.25) is 0 Å². The molecular weight excluding hydrogens is 248 g/mol. The van der Waals surface area contributed by atoms with Crippen molar-refractivity contribution in [2.75, 3.05) is 5.32 Å². The fourth-order valence-electron chi connectivity index (χ4n) is 3.31. The molecule has 1 aliphatic carbocycles. The summed E-state index contributed by atoms with van der Waals surface area (Å²) < 4.78 is 1.77. The van der Waals surface area contributed by atoms with E-state index in [2.05, 4.69) is 35.3 Å². The minimum atomic E-state index is 0.575. The van der Waals surface area contributed by atoms with Crippen LogP contribution in [0.4, 0.5) is 5.69 Å². The Bertz CT molecular complexity index is 522. The Kier molecular flexibility index (Phi) is 3.72. The lowest BCUT2D eigenvalue weighted by Crippen LogP contribution is -2.30. The summed E-state index contributed by atoms with van der Waals surface area (Å²) in [5.74, 6) is 2.48. The molecule has 0 aliphatic heterocycles. The van der Waals surface area contributed by atoms with E-state index < -0.39 is 0 Å². The second-order valence-corrected chi connectivity index (χ2v) is 6.11. The lowest BCUT2D eigenvalue weighted by Gasteiger charge is -2.32. The van der Waals surface area contributed by atoms with Gasteiger partial charge in [-0.25, -0.2) is 9.67 Å². The van der Waals surface area contributed by atoms with Crippen molar-refractivity contribution < 1.29 is 0 Å². The number of hydrogen-bond donors (Lipinski definition) is 1. The summed E-state index contributed by atoms with van der Waals surface area (Å²) in [6.07, 6.45) is 9.44. The molecule has 0 aromatic carbocycles. The van der Waals surface area contributed by atoms with Gasteiger partial charge in [-0.2, -0.15) is 5.10 Å². The van der Waals surface area contributed by atoms with Crippen LogP contribution in [0.5, 0.6) is 0 Å². The van der Waals surface area contributed by atoms with Crippen molar-refractivity contribution in [1.82, 2.24) is 14.8 Å². The normalized spacial score (nSPS) is 26.4. The van der Waals surface area contributed by atoms with Crippen LogP contribution < -0.4 is 5.32 Å². The van der Waals surface area contributed by atoms with Gasteiger partial charge in [0.25, 0.3) is 0 Å². The van der Waals surface area contributed by atoms with Crippen LogP contribution in [-0.4, -0.2) is 20.8 Å². The number of nitrogens with zero attached hydrogens (tertiary/aromatic N) is 3. The number of rotatable bonds is 3. The van der Waals surface area contributed by atoms with Crippen molar-refractivity contribution in [1.29, 1.82) is 0 Å². The largest absolute Gasteiger partial charge is 0.381 e. The molecule has 20 heavy (non-hydrogen) atoms. The molecule has 1 N–H and O–H groups in total. The van der Waals surface area contributed by atoms with E-state index in [-0.39, 0.29) is 0 Å². The SMILES string of the molecule is CC1CC(C)CC(Nc2ccc(-n3cccn3)nc2)C1. The van der Waals surface area contributed by atoms with Gasteiger partial charge in [-0.1, -0.05) is 13.8 Å². The summed E-state index contributed by atoms with van der Waals surface area (Å²) in [5.41, 5.74) is 1.10. The van der Waals surface area contributed by atoms with Gasteiger partial charge in [0, 0.05) is 18.4 Å². The van der Waals surface area contributed by atoms with E-state index in [9.17, 15) is 0 Å². The highest BCUT2D eigenvalue weighted by Crippen LogP contribution is 2.30. The first-order valence-corrected chi connectivity index (χ1v) is 7.43. The zero-order chi connectivity index (χ0) is 13.9. The monoisotopic (exact) mass is 270 g/mol. The summed E-state index contributed by atoms with van der Waals surface area (Å²) in [6.45, 7) is 4.70. The van der Waals surface area contributed by atoms with Crippen LogP contribution in [0.1, 0.15) is 33.1 Å². The standard InChI is InChI=1S/C16H22N4/c1-12-8-13(2)10-15(9-12)19-14-4-5-16(17-11-14)20-7-3-6-18-20/h3-7,11-13,15,19H,8-10H2,1-2H3. The maximum atomic E-state index is 4.46. The van der Waals surface area contributed by atoms with Crippen LogP contribution in [0.25, 0.3) is 5.82 Å². The highest BCUT2D eigenvalue weighted by atomic mass is 15.3. The molecule has 1 saturated carbocycles. The Morgan fingerprint density at radius 2 is 1.95 bits per heavy atom. The second-order valence-electron chi connectivity index (χ2n) is 6.11. The maximum absolute atomic E-state index is 4.46. The fraction of sp³-hybridized carbons (Fsp3) is 0.500. The van der Waals surface area contributed by atoms with Crippen LogP contribution in [-0.2, 0) is 0 Å². The van der Waals surface area contributed by atoms with E-state index in [1.54, 1.807) is 10.9 Å². The average molecular weight is 270 g/mol. The quantitative estimate of drug-likeness (QED) is 0.928. The predicted molar refractivity (Wildman–Crippen MR) is 80.9 cm³/mol. The van der Waals surface area contributed by atoms with Crippen molar-refractivity contribution in [3.63, 3.8) is 0 Å². The van der Waals surface area contributed by atoms with E-state index in [0.717, 1.165) is 23.3 Å². The molecule has 2 heterocycles. The summed E-state index contributed by atoms with van der Waals surface area (Å²) in [5, 5.41) is 7.81. The van der Waals surface area contributed by atoms with Crippen LogP contribution in [0.15, 0.2) is 36.8 Å². The third-order valence-electron chi connectivity index (χ3n) is 4.04. The number of nitrogens with one attached hydrogen (secondary N) is 1. The number of anilines is 1. The molecule has 4 nitrogen and oxygen atoms in total. The van der Waals surface area contributed by atoms with Crippen molar-refractivity contribution in [3.8, 4) is 5.82 Å².